The molecule has 3 N–H and O–H groups in total. The number of nitrogens with one attached hydrogen (secondary N) is 1. The lowest BCUT2D eigenvalue weighted by Gasteiger charge is -2.22. The quantitative estimate of drug-likeness (QED) is 0.786. The van der Waals surface area contributed by atoms with Crippen molar-refractivity contribution in [3.8, 4) is 0 Å². The van der Waals surface area contributed by atoms with Gasteiger partial charge in [0.05, 0.1) is 11.9 Å². The molecule has 1 aromatic heterocycles. The molecule has 4 nitrogen and oxygen atoms in total. The lowest BCUT2D eigenvalue weighted by Crippen LogP contribution is -2.33. The third-order valence-corrected chi connectivity index (χ3v) is 3.74. The molecule has 2 unspecified atom stereocenters. The summed E-state index contributed by atoms with van der Waals surface area (Å²) in [6, 6.07) is 5.19. The average Bonchev–Trinajstić information content (AvgIpc) is 2.86. The molecule has 4 heteroatoms. The molecule has 2 aliphatic heterocycles. The number of nitrogens with zero attached hydrogens (tertiary/aromatic N) is 2. The normalized spacial score (nSPS) is 29.2. The standard InChI is InChI=1S/C12H18N4/c13-12-4-3-9(8-14-12)15-10-5-7-16-6-1-2-11(10)16/h3-4,8,10-11,15H,1-2,5-7H2,(H2,13,14). The zero-order chi connectivity index (χ0) is 11.0. The van der Waals surface area contributed by atoms with Gasteiger partial charge in [0, 0.05) is 18.6 Å². The molecule has 3 rings (SSSR count). The van der Waals surface area contributed by atoms with Crippen molar-refractivity contribution in [1.82, 2.24) is 9.88 Å². The number of fused-ring (bicyclic) bond motifs is 1. The maximum absolute atomic E-state index is 5.57. The molecule has 2 atom stereocenters. The van der Waals surface area contributed by atoms with Gasteiger partial charge in [0.15, 0.2) is 0 Å². The highest BCUT2D eigenvalue weighted by molar-refractivity contribution is 5.46. The van der Waals surface area contributed by atoms with Crippen molar-refractivity contribution in [1.29, 1.82) is 0 Å². The predicted molar refractivity (Wildman–Crippen MR) is 65.3 cm³/mol. The zero-order valence-electron chi connectivity index (χ0n) is 9.39. The van der Waals surface area contributed by atoms with Crippen LogP contribution in [-0.2, 0) is 0 Å². The molecule has 1 aromatic rings. The van der Waals surface area contributed by atoms with Crippen LogP contribution in [0.25, 0.3) is 0 Å². The first-order chi connectivity index (χ1) is 7.83. The summed E-state index contributed by atoms with van der Waals surface area (Å²) in [5, 5.41) is 3.58. The first kappa shape index (κ1) is 9.90. The number of aromatic nitrogens is 1. The van der Waals surface area contributed by atoms with Crippen LogP contribution in [0.3, 0.4) is 0 Å². The molecule has 2 saturated heterocycles. The molecule has 0 amide bonds. The van der Waals surface area contributed by atoms with Gasteiger partial charge in [-0.15, -0.1) is 0 Å². The fraction of sp³-hybridized carbons (Fsp3) is 0.583. The number of nitrogens with two attached hydrogens (primary N) is 1. The summed E-state index contributed by atoms with van der Waals surface area (Å²) < 4.78 is 0. The van der Waals surface area contributed by atoms with Gasteiger partial charge in [-0.25, -0.2) is 4.98 Å². The molecule has 0 bridgehead atoms. The van der Waals surface area contributed by atoms with E-state index in [9.17, 15) is 0 Å². The molecule has 2 fully saturated rings. The Bertz CT molecular complexity index is 362. The minimum atomic E-state index is 0.583. The number of rotatable bonds is 2. The fourth-order valence-electron chi connectivity index (χ4n) is 2.96. The molecule has 0 aromatic carbocycles. The van der Waals surface area contributed by atoms with Gasteiger partial charge in [-0.05, 0) is 37.9 Å². The van der Waals surface area contributed by atoms with E-state index in [-0.39, 0.29) is 0 Å². The monoisotopic (exact) mass is 218 g/mol. The second-order valence-corrected chi connectivity index (χ2v) is 4.76. The van der Waals surface area contributed by atoms with Gasteiger partial charge in [0.2, 0.25) is 0 Å². The minimum Gasteiger partial charge on any atom is -0.384 e. The number of hydrogen-bond acceptors (Lipinski definition) is 4. The van der Waals surface area contributed by atoms with Crippen molar-refractivity contribution in [3.63, 3.8) is 0 Å². The molecule has 3 heterocycles. The van der Waals surface area contributed by atoms with Gasteiger partial charge >= 0.3 is 0 Å². The van der Waals surface area contributed by atoms with Crippen molar-refractivity contribution in [2.45, 2.75) is 31.3 Å². The number of pyridine rings is 1. The fourth-order valence-corrected chi connectivity index (χ4v) is 2.96. The van der Waals surface area contributed by atoms with Gasteiger partial charge in [0.1, 0.15) is 5.82 Å². The van der Waals surface area contributed by atoms with E-state index in [1.54, 1.807) is 0 Å². The maximum Gasteiger partial charge on any atom is 0.123 e. The van der Waals surface area contributed by atoms with Crippen LogP contribution in [0.1, 0.15) is 19.3 Å². The van der Waals surface area contributed by atoms with E-state index in [1.807, 2.05) is 18.3 Å². The Labute approximate surface area is 95.8 Å². The predicted octanol–water partition coefficient (Wildman–Crippen LogP) is 1.31. The molecule has 0 aliphatic carbocycles. The van der Waals surface area contributed by atoms with Crippen molar-refractivity contribution < 1.29 is 0 Å². The van der Waals surface area contributed by atoms with Crippen LogP contribution in [-0.4, -0.2) is 35.1 Å². The summed E-state index contributed by atoms with van der Waals surface area (Å²) in [5.74, 6) is 0.583. The Morgan fingerprint density at radius 1 is 1.31 bits per heavy atom. The molecular weight excluding hydrogens is 200 g/mol. The second kappa shape index (κ2) is 3.94. The van der Waals surface area contributed by atoms with E-state index < -0.39 is 0 Å². The highest BCUT2D eigenvalue weighted by atomic mass is 15.2. The van der Waals surface area contributed by atoms with Crippen molar-refractivity contribution in [2.75, 3.05) is 24.1 Å². The highest BCUT2D eigenvalue weighted by Crippen LogP contribution is 2.29. The molecular formula is C12H18N4. The SMILES string of the molecule is Nc1ccc(NC2CCN3CCCC23)cn1. The van der Waals surface area contributed by atoms with Crippen molar-refractivity contribution >= 4 is 11.5 Å². The van der Waals surface area contributed by atoms with Crippen LogP contribution >= 0.6 is 0 Å². The summed E-state index contributed by atoms with van der Waals surface area (Å²) in [7, 11) is 0. The maximum atomic E-state index is 5.57. The summed E-state index contributed by atoms with van der Waals surface area (Å²) >= 11 is 0. The first-order valence-corrected chi connectivity index (χ1v) is 6.05. The Balaban J connectivity index is 1.68. The van der Waals surface area contributed by atoms with Gasteiger partial charge < -0.3 is 11.1 Å². The van der Waals surface area contributed by atoms with Crippen LogP contribution in [0.15, 0.2) is 18.3 Å². The van der Waals surface area contributed by atoms with E-state index >= 15 is 0 Å². The molecule has 86 valence electrons. The van der Waals surface area contributed by atoms with Crippen LogP contribution in [0.2, 0.25) is 0 Å². The van der Waals surface area contributed by atoms with Gasteiger partial charge in [-0.1, -0.05) is 0 Å². The van der Waals surface area contributed by atoms with E-state index in [0.717, 1.165) is 11.7 Å². The van der Waals surface area contributed by atoms with Crippen LogP contribution in [0.5, 0.6) is 0 Å². The Hall–Kier alpha value is -1.29. The van der Waals surface area contributed by atoms with Crippen molar-refractivity contribution in [2.24, 2.45) is 0 Å². The van der Waals surface area contributed by atoms with E-state index in [1.165, 1.54) is 32.4 Å². The Kier molecular flexibility index (Phi) is 2.44. The van der Waals surface area contributed by atoms with Crippen LogP contribution in [0.4, 0.5) is 11.5 Å². The summed E-state index contributed by atoms with van der Waals surface area (Å²) in [6.45, 7) is 2.52. The number of anilines is 2. The molecule has 0 saturated carbocycles. The molecule has 16 heavy (non-hydrogen) atoms. The smallest absolute Gasteiger partial charge is 0.123 e. The highest BCUT2D eigenvalue weighted by Gasteiger charge is 2.36. The van der Waals surface area contributed by atoms with Crippen molar-refractivity contribution in [3.05, 3.63) is 18.3 Å². The summed E-state index contributed by atoms with van der Waals surface area (Å²) in [4.78, 5) is 6.71. The first-order valence-electron chi connectivity index (χ1n) is 6.05. The van der Waals surface area contributed by atoms with Crippen LogP contribution in [0, 0.1) is 0 Å². The molecule has 0 radical (unpaired) electrons. The third-order valence-electron chi connectivity index (χ3n) is 3.74. The molecule has 2 aliphatic rings. The van der Waals surface area contributed by atoms with Gasteiger partial charge in [-0.3, -0.25) is 4.90 Å². The largest absolute Gasteiger partial charge is 0.384 e. The van der Waals surface area contributed by atoms with E-state index in [0.29, 0.717) is 11.9 Å². The summed E-state index contributed by atoms with van der Waals surface area (Å²) in [5.41, 5.74) is 6.66. The van der Waals surface area contributed by atoms with Crippen LogP contribution < -0.4 is 11.1 Å². The van der Waals surface area contributed by atoms with E-state index in [4.69, 9.17) is 5.73 Å². The Morgan fingerprint density at radius 3 is 3.06 bits per heavy atom. The average molecular weight is 218 g/mol. The molecule has 0 spiro atoms. The summed E-state index contributed by atoms with van der Waals surface area (Å²) in [6.07, 6.45) is 5.75. The van der Waals surface area contributed by atoms with Gasteiger partial charge in [0.25, 0.3) is 0 Å². The second-order valence-electron chi connectivity index (χ2n) is 4.76. The topological polar surface area (TPSA) is 54.2 Å². The number of hydrogen-bond donors (Lipinski definition) is 2. The minimum absolute atomic E-state index is 0.583. The Morgan fingerprint density at radius 2 is 2.25 bits per heavy atom. The zero-order valence-corrected chi connectivity index (χ0v) is 9.39. The van der Waals surface area contributed by atoms with E-state index in [2.05, 4.69) is 15.2 Å². The third kappa shape index (κ3) is 1.73. The lowest BCUT2D eigenvalue weighted by atomic mass is 10.1. The van der Waals surface area contributed by atoms with Gasteiger partial charge in [-0.2, -0.15) is 0 Å². The number of nitrogen functional groups attached to an aromatic ring is 1. The lowest BCUT2D eigenvalue weighted by molar-refractivity contribution is 0.318.